The molecule has 1 fully saturated rings. The third-order valence-electron chi connectivity index (χ3n) is 5.89. The van der Waals surface area contributed by atoms with Gasteiger partial charge in [0.05, 0.1) is 5.75 Å². The largest absolute Gasteiger partial charge is 0.455 e. The number of carbonyl (C=O) groups is 1. The van der Waals surface area contributed by atoms with E-state index in [0.717, 1.165) is 24.1 Å². The molecule has 31 heavy (non-hydrogen) atoms. The normalized spacial score (nSPS) is 15.3. The fraction of sp³-hybridized carbons (Fsp3) is 0.542. The van der Waals surface area contributed by atoms with Gasteiger partial charge < -0.3 is 14.6 Å². The molecule has 3 rings (SSSR count). The summed E-state index contributed by atoms with van der Waals surface area (Å²) in [5.74, 6) is -0.134. The van der Waals surface area contributed by atoms with Crippen molar-refractivity contribution in [3.8, 4) is 0 Å². The Morgan fingerprint density at radius 2 is 1.90 bits per heavy atom. The van der Waals surface area contributed by atoms with Crippen molar-refractivity contribution in [1.29, 1.82) is 0 Å². The van der Waals surface area contributed by atoms with Gasteiger partial charge in [-0.1, -0.05) is 49.1 Å². The Morgan fingerprint density at radius 3 is 2.65 bits per heavy atom. The summed E-state index contributed by atoms with van der Waals surface area (Å²) in [6.45, 7) is 3.45. The summed E-state index contributed by atoms with van der Waals surface area (Å²) in [4.78, 5) is 14.7. The molecule has 0 atom stereocenters. The van der Waals surface area contributed by atoms with Crippen LogP contribution in [0.1, 0.15) is 66.0 Å². The highest BCUT2D eigenvalue weighted by atomic mass is 32.2. The van der Waals surface area contributed by atoms with Gasteiger partial charge in [0.15, 0.2) is 15.6 Å². The molecule has 1 saturated carbocycles. The van der Waals surface area contributed by atoms with Gasteiger partial charge in [0.25, 0.3) is 5.91 Å². The Balaban J connectivity index is 1.43. The zero-order valence-electron chi connectivity index (χ0n) is 18.6. The van der Waals surface area contributed by atoms with Gasteiger partial charge in [-0.2, -0.15) is 0 Å². The van der Waals surface area contributed by atoms with Crippen molar-refractivity contribution in [3.05, 3.63) is 59.0 Å². The van der Waals surface area contributed by atoms with Crippen LogP contribution in [0.15, 0.2) is 40.8 Å². The molecule has 6 nitrogen and oxygen atoms in total. The smallest absolute Gasteiger partial charge is 0.286 e. The Kier molecular flexibility index (Phi) is 8.32. The van der Waals surface area contributed by atoms with E-state index in [2.05, 4.69) is 17.3 Å². The highest BCUT2D eigenvalue weighted by Gasteiger charge is 2.19. The fourth-order valence-corrected chi connectivity index (χ4v) is 5.60. The van der Waals surface area contributed by atoms with Crippen LogP contribution >= 0.6 is 0 Å². The monoisotopic (exact) mass is 446 g/mol. The van der Waals surface area contributed by atoms with Gasteiger partial charge in [-0.15, -0.1) is 0 Å². The van der Waals surface area contributed by atoms with Crippen LogP contribution in [0, 0.1) is 6.92 Å². The molecule has 0 aliphatic heterocycles. The minimum Gasteiger partial charge on any atom is -0.455 e. The molecule has 0 spiro atoms. The second-order valence-corrected chi connectivity index (χ2v) is 10.7. The number of aryl methyl sites for hydroxylation is 1. The maximum Gasteiger partial charge on any atom is 0.286 e. The zero-order valence-corrected chi connectivity index (χ0v) is 19.4. The van der Waals surface area contributed by atoms with Gasteiger partial charge >= 0.3 is 0 Å². The Bertz CT molecular complexity index is 961. The van der Waals surface area contributed by atoms with Crippen LogP contribution in [0.2, 0.25) is 0 Å². The first-order chi connectivity index (χ1) is 14.8. The molecule has 0 radical (unpaired) electrons. The molecule has 1 heterocycles. The number of sulfone groups is 1. The summed E-state index contributed by atoms with van der Waals surface area (Å²) in [7, 11) is -1.23. The Hall–Kier alpha value is -2.12. The number of furan rings is 1. The van der Waals surface area contributed by atoms with E-state index in [9.17, 15) is 13.2 Å². The SMILES string of the molecule is Cc1cccc(CS(=O)(=O)Cc2ccc(C(=O)NCCCN(C)C3CCCCC3)o2)c1. The Morgan fingerprint density at radius 1 is 1.13 bits per heavy atom. The van der Waals surface area contributed by atoms with E-state index in [0.29, 0.717) is 12.6 Å². The molecule has 1 aromatic heterocycles. The van der Waals surface area contributed by atoms with Crippen LogP contribution < -0.4 is 5.32 Å². The predicted molar refractivity (Wildman–Crippen MR) is 123 cm³/mol. The molecular formula is C24H34N2O4S. The van der Waals surface area contributed by atoms with Crippen molar-refractivity contribution < 1.29 is 17.6 Å². The lowest BCUT2D eigenvalue weighted by atomic mass is 9.94. The van der Waals surface area contributed by atoms with Crippen molar-refractivity contribution in [2.75, 3.05) is 20.1 Å². The van der Waals surface area contributed by atoms with Gasteiger partial charge in [-0.25, -0.2) is 8.42 Å². The van der Waals surface area contributed by atoms with Gasteiger partial charge in [0.1, 0.15) is 11.5 Å². The summed E-state index contributed by atoms with van der Waals surface area (Å²) >= 11 is 0. The summed E-state index contributed by atoms with van der Waals surface area (Å²) < 4.78 is 30.5. The minimum atomic E-state index is -3.39. The molecule has 7 heteroatoms. The quantitative estimate of drug-likeness (QED) is 0.556. The van der Waals surface area contributed by atoms with E-state index in [1.54, 1.807) is 18.2 Å². The van der Waals surface area contributed by atoms with E-state index in [4.69, 9.17) is 4.42 Å². The molecule has 0 bridgehead atoms. The number of hydrogen-bond acceptors (Lipinski definition) is 5. The van der Waals surface area contributed by atoms with Crippen molar-refractivity contribution >= 4 is 15.7 Å². The van der Waals surface area contributed by atoms with Crippen LogP contribution in [-0.2, 0) is 21.3 Å². The number of rotatable bonds is 10. The average Bonchev–Trinajstić information content (AvgIpc) is 3.19. The highest BCUT2D eigenvalue weighted by Crippen LogP contribution is 2.21. The summed E-state index contributed by atoms with van der Waals surface area (Å²) in [5, 5.41) is 2.87. The molecule has 1 aliphatic carbocycles. The van der Waals surface area contributed by atoms with E-state index < -0.39 is 9.84 Å². The number of benzene rings is 1. The number of nitrogens with one attached hydrogen (secondary N) is 1. The maximum absolute atomic E-state index is 12.5. The van der Waals surface area contributed by atoms with Gasteiger partial charge in [-0.3, -0.25) is 4.79 Å². The molecule has 1 N–H and O–H groups in total. The third-order valence-corrected chi connectivity index (χ3v) is 7.39. The molecule has 1 aliphatic rings. The zero-order chi connectivity index (χ0) is 22.3. The standard InChI is InChI=1S/C24H34N2O4S/c1-19-8-6-9-20(16-19)17-31(28,29)18-22-12-13-23(30-22)24(27)25-14-7-15-26(2)21-10-4-3-5-11-21/h6,8-9,12-13,16,21H,3-5,7,10-11,14-15,17-18H2,1-2H3,(H,25,27). The lowest BCUT2D eigenvalue weighted by Gasteiger charge is -2.31. The highest BCUT2D eigenvalue weighted by molar-refractivity contribution is 7.89. The lowest BCUT2D eigenvalue weighted by Crippen LogP contribution is -2.35. The molecule has 0 unspecified atom stereocenters. The van der Waals surface area contributed by atoms with E-state index in [1.807, 2.05) is 25.1 Å². The van der Waals surface area contributed by atoms with E-state index >= 15 is 0 Å². The first-order valence-corrected chi connectivity index (χ1v) is 13.0. The van der Waals surface area contributed by atoms with Gasteiger partial charge in [0.2, 0.25) is 0 Å². The molecule has 1 amide bonds. The van der Waals surface area contributed by atoms with Crippen LogP contribution in [-0.4, -0.2) is 45.4 Å². The van der Waals surface area contributed by atoms with Gasteiger partial charge in [-0.05, 0) is 57.5 Å². The number of amides is 1. The van der Waals surface area contributed by atoms with Crippen molar-refractivity contribution in [2.24, 2.45) is 0 Å². The Labute approximate surface area is 185 Å². The topological polar surface area (TPSA) is 79.6 Å². The first kappa shape index (κ1) is 23.5. The molecule has 0 saturated heterocycles. The second kappa shape index (κ2) is 11.0. The number of nitrogens with zero attached hydrogens (tertiary/aromatic N) is 1. The summed E-state index contributed by atoms with van der Waals surface area (Å²) in [6, 6.07) is 11.2. The first-order valence-electron chi connectivity index (χ1n) is 11.2. The van der Waals surface area contributed by atoms with Crippen LogP contribution in [0.5, 0.6) is 0 Å². The molecular weight excluding hydrogens is 412 g/mol. The molecule has 2 aromatic rings. The molecule has 170 valence electrons. The maximum atomic E-state index is 12.5. The fourth-order valence-electron chi connectivity index (χ4n) is 4.22. The number of carbonyl (C=O) groups excluding carboxylic acids is 1. The third kappa shape index (κ3) is 7.51. The lowest BCUT2D eigenvalue weighted by molar-refractivity contribution is 0.0921. The summed E-state index contributed by atoms with van der Waals surface area (Å²) in [6.07, 6.45) is 7.38. The van der Waals surface area contributed by atoms with E-state index in [1.165, 1.54) is 32.1 Å². The second-order valence-electron chi connectivity index (χ2n) is 8.67. The summed E-state index contributed by atoms with van der Waals surface area (Å²) in [5.41, 5.74) is 1.78. The van der Waals surface area contributed by atoms with E-state index in [-0.39, 0.29) is 28.9 Å². The van der Waals surface area contributed by atoms with Gasteiger partial charge in [0, 0.05) is 12.6 Å². The van der Waals surface area contributed by atoms with Crippen LogP contribution in [0.25, 0.3) is 0 Å². The molecule has 1 aromatic carbocycles. The van der Waals surface area contributed by atoms with Crippen LogP contribution in [0.3, 0.4) is 0 Å². The minimum absolute atomic E-state index is 0.0502. The van der Waals surface area contributed by atoms with Crippen molar-refractivity contribution in [3.63, 3.8) is 0 Å². The average molecular weight is 447 g/mol. The van der Waals surface area contributed by atoms with Crippen molar-refractivity contribution in [2.45, 2.75) is 63.0 Å². The van der Waals surface area contributed by atoms with Crippen molar-refractivity contribution in [1.82, 2.24) is 10.2 Å². The number of hydrogen-bond donors (Lipinski definition) is 1. The van der Waals surface area contributed by atoms with Crippen LogP contribution in [0.4, 0.5) is 0 Å². The predicted octanol–water partition coefficient (Wildman–Crippen LogP) is 4.09.